The maximum Gasteiger partial charge on any atom is 0.416 e. The predicted molar refractivity (Wildman–Crippen MR) is 321 cm³/mol. The summed E-state index contributed by atoms with van der Waals surface area (Å²) in [4.78, 5) is 0. The van der Waals surface area contributed by atoms with Gasteiger partial charge in [-0.25, -0.2) is 0 Å². The van der Waals surface area contributed by atoms with Crippen molar-refractivity contribution >= 4 is 43.6 Å². The minimum Gasteiger partial charge on any atom is -0.309 e. The van der Waals surface area contributed by atoms with E-state index in [-0.39, 0.29) is 16.7 Å². The molecule has 0 saturated carbocycles. The molecule has 13 rings (SSSR count). The maximum atomic E-state index is 14.6. The molecule has 0 N–H and O–H groups in total. The molecule has 13 aromatic rings. The number of nitriles is 6. The lowest BCUT2D eigenvalue weighted by molar-refractivity contribution is -0.137. The number of nitrogens with zero attached hydrogens (tertiary/aromatic N) is 8. The summed E-state index contributed by atoms with van der Waals surface area (Å²) < 4.78 is 47.8. The highest BCUT2D eigenvalue weighted by Gasteiger charge is 2.33. The Morgan fingerprint density at radius 1 is 0.274 bits per heavy atom. The number of benzene rings is 11. The summed E-state index contributed by atoms with van der Waals surface area (Å²) in [6.07, 6.45) is -4.76. The molecule has 8 nitrogen and oxygen atoms in total. The number of aromatic nitrogens is 2. The van der Waals surface area contributed by atoms with Crippen molar-refractivity contribution < 1.29 is 13.2 Å². The monoisotopic (exact) mass is 1080 g/mol. The van der Waals surface area contributed by atoms with E-state index in [0.717, 1.165) is 67.1 Å². The van der Waals surface area contributed by atoms with Crippen LogP contribution in [0.15, 0.2) is 224 Å². The normalized spacial score (nSPS) is 11.2. The molecule has 0 aliphatic rings. The van der Waals surface area contributed by atoms with Gasteiger partial charge >= 0.3 is 6.18 Å². The lowest BCUT2D eigenvalue weighted by atomic mass is 9.87. The lowest BCUT2D eigenvalue weighted by Crippen LogP contribution is -2.07. The van der Waals surface area contributed by atoms with Crippen molar-refractivity contribution in [1.82, 2.24) is 9.13 Å². The molecule has 84 heavy (non-hydrogen) atoms. The molecule has 0 unspecified atom stereocenters. The van der Waals surface area contributed by atoms with Crippen LogP contribution < -0.4 is 0 Å². The van der Waals surface area contributed by atoms with E-state index < -0.39 is 11.7 Å². The fourth-order valence-electron chi connectivity index (χ4n) is 11.9. The molecule has 0 spiro atoms. The molecule has 0 bridgehead atoms. The van der Waals surface area contributed by atoms with Crippen molar-refractivity contribution in [1.29, 1.82) is 31.6 Å². The number of halogens is 3. The van der Waals surface area contributed by atoms with Crippen molar-refractivity contribution in [3.63, 3.8) is 0 Å². The van der Waals surface area contributed by atoms with Gasteiger partial charge in [-0.05, 0) is 153 Å². The van der Waals surface area contributed by atoms with Crippen molar-refractivity contribution in [2.45, 2.75) is 6.18 Å². The Bertz CT molecular complexity index is 5000. The largest absolute Gasteiger partial charge is 0.416 e. The second-order valence-corrected chi connectivity index (χ2v) is 20.1. The van der Waals surface area contributed by atoms with Crippen molar-refractivity contribution in [3.8, 4) is 115 Å². The molecular formula is C73H37F3N8. The third-order valence-corrected chi connectivity index (χ3v) is 15.7. The van der Waals surface area contributed by atoms with E-state index in [4.69, 9.17) is 0 Å². The molecule has 0 aliphatic carbocycles. The van der Waals surface area contributed by atoms with Gasteiger partial charge in [-0.1, -0.05) is 121 Å². The fraction of sp³-hybridized carbons (Fsp3) is 0.0137. The summed E-state index contributed by atoms with van der Waals surface area (Å²) in [5.74, 6) is 0. The molecule has 0 fully saturated rings. The van der Waals surface area contributed by atoms with E-state index in [1.54, 1.807) is 48.5 Å². The first-order valence-electron chi connectivity index (χ1n) is 26.5. The quantitative estimate of drug-likeness (QED) is 0.148. The van der Waals surface area contributed by atoms with Crippen molar-refractivity contribution in [2.75, 3.05) is 0 Å². The summed E-state index contributed by atoms with van der Waals surface area (Å²) in [6.45, 7) is 0. The maximum absolute atomic E-state index is 14.6. The summed E-state index contributed by atoms with van der Waals surface area (Å²) in [5, 5.41) is 66.6. The van der Waals surface area contributed by atoms with Gasteiger partial charge in [-0.3, -0.25) is 0 Å². The molecular weight excluding hydrogens is 1050 g/mol. The minimum absolute atomic E-state index is 0.191. The van der Waals surface area contributed by atoms with E-state index in [1.807, 2.05) is 158 Å². The number of hydrogen-bond donors (Lipinski definition) is 0. The number of fused-ring (bicyclic) bond motifs is 6. The number of hydrogen-bond acceptors (Lipinski definition) is 6. The van der Waals surface area contributed by atoms with Crippen LogP contribution in [-0.4, -0.2) is 9.13 Å². The Balaban J connectivity index is 1.17. The van der Waals surface area contributed by atoms with Crippen LogP contribution in [0.4, 0.5) is 13.2 Å². The number of rotatable bonds is 8. The van der Waals surface area contributed by atoms with Crippen LogP contribution in [0, 0.1) is 68.0 Å². The molecule has 390 valence electrons. The van der Waals surface area contributed by atoms with Gasteiger partial charge in [-0.15, -0.1) is 0 Å². The van der Waals surface area contributed by atoms with Crippen LogP contribution in [0.25, 0.3) is 122 Å². The fourth-order valence-corrected chi connectivity index (χ4v) is 11.9. The van der Waals surface area contributed by atoms with Gasteiger partial charge in [0.1, 0.15) is 0 Å². The first-order chi connectivity index (χ1) is 41.0. The number of alkyl halides is 3. The van der Waals surface area contributed by atoms with Crippen LogP contribution in [-0.2, 0) is 6.18 Å². The summed E-state index contributed by atoms with van der Waals surface area (Å²) in [7, 11) is 0. The van der Waals surface area contributed by atoms with Crippen LogP contribution in [0.1, 0.15) is 38.9 Å². The first-order valence-corrected chi connectivity index (χ1v) is 26.5. The molecule has 0 saturated heterocycles. The average Bonchev–Trinajstić information content (AvgIpc) is 1.83. The van der Waals surface area contributed by atoms with Gasteiger partial charge in [0, 0.05) is 38.2 Å². The predicted octanol–water partition coefficient (Wildman–Crippen LogP) is 18.1. The minimum atomic E-state index is -4.76. The van der Waals surface area contributed by atoms with E-state index in [1.165, 1.54) is 6.07 Å². The van der Waals surface area contributed by atoms with Crippen LogP contribution in [0.5, 0.6) is 0 Å². The first kappa shape index (κ1) is 51.2. The lowest BCUT2D eigenvalue weighted by Gasteiger charge is -2.23. The standard InChI is InChI=1S/C73H37F3N8/c74-73(75,76)54-27-28-59(53(33-54)43-82)60-20-10-22-70(84-67-31-25-46(57-18-7-3-13-50(57)40-79)36-63(67)64-37-47(26-32-68(64)84)58-19-8-4-14-51(58)41-80)72(60)71-52(42-81)15-9-21-69(71)83-65-29-23-44(55-16-5-1-11-48(55)38-77)34-61(65)62-35-45(24-30-66(62)83)56-17-6-2-12-49(56)39-78/h1-37H. The molecule has 2 heterocycles. The Hall–Kier alpha value is -12.3. The molecule has 0 amide bonds. The second kappa shape index (κ2) is 20.4. The zero-order valence-electron chi connectivity index (χ0n) is 44.1. The molecule has 11 heteroatoms. The van der Waals surface area contributed by atoms with E-state index in [0.29, 0.717) is 83.5 Å². The highest BCUT2D eigenvalue weighted by Crippen LogP contribution is 2.49. The van der Waals surface area contributed by atoms with Gasteiger partial charge in [0.05, 0.1) is 109 Å². The van der Waals surface area contributed by atoms with Gasteiger partial charge in [0.15, 0.2) is 0 Å². The van der Waals surface area contributed by atoms with Crippen LogP contribution in [0.3, 0.4) is 0 Å². The van der Waals surface area contributed by atoms with Crippen LogP contribution >= 0.6 is 0 Å². The van der Waals surface area contributed by atoms with Crippen molar-refractivity contribution in [2.24, 2.45) is 0 Å². The van der Waals surface area contributed by atoms with Gasteiger partial charge in [0.2, 0.25) is 0 Å². The van der Waals surface area contributed by atoms with Gasteiger partial charge < -0.3 is 9.13 Å². The third kappa shape index (κ3) is 8.35. The van der Waals surface area contributed by atoms with E-state index in [2.05, 4.69) is 45.5 Å². The topological polar surface area (TPSA) is 153 Å². The zero-order valence-corrected chi connectivity index (χ0v) is 44.1. The molecule has 0 radical (unpaired) electrons. The highest BCUT2D eigenvalue weighted by molar-refractivity contribution is 6.15. The van der Waals surface area contributed by atoms with Gasteiger partial charge in [-0.2, -0.15) is 44.7 Å². The Morgan fingerprint density at radius 2 is 0.595 bits per heavy atom. The third-order valence-electron chi connectivity index (χ3n) is 15.7. The molecule has 0 atom stereocenters. The Morgan fingerprint density at radius 3 is 0.952 bits per heavy atom. The Labute approximate surface area is 479 Å². The Kier molecular flexibility index (Phi) is 12.5. The molecule has 11 aromatic carbocycles. The summed E-state index contributed by atoms with van der Waals surface area (Å²) in [5.41, 5.74) is 12.1. The van der Waals surface area contributed by atoms with Crippen molar-refractivity contribution in [3.05, 3.63) is 263 Å². The summed E-state index contributed by atoms with van der Waals surface area (Å²) >= 11 is 0. The second-order valence-electron chi connectivity index (χ2n) is 20.1. The SMILES string of the molecule is N#Cc1ccccc1-c1ccc2c(c1)c1cc(-c3ccccc3C#N)ccc1n2-c1cccc(C#N)c1-c1c(-c2ccc(C(F)(F)F)cc2C#N)cccc1-n1c2ccc(-c3ccccc3C#N)cc2c2cc(-c3ccccc3C#N)ccc21. The molecule has 0 aliphatic heterocycles. The average molecular weight is 1080 g/mol. The smallest absolute Gasteiger partial charge is 0.309 e. The van der Waals surface area contributed by atoms with E-state index in [9.17, 15) is 44.7 Å². The molecule has 2 aromatic heterocycles. The van der Waals surface area contributed by atoms with Crippen LogP contribution in [0.2, 0.25) is 0 Å². The van der Waals surface area contributed by atoms with Gasteiger partial charge in [0.25, 0.3) is 0 Å². The highest BCUT2D eigenvalue weighted by atomic mass is 19.4. The zero-order chi connectivity index (χ0) is 57.8. The van der Waals surface area contributed by atoms with E-state index >= 15 is 0 Å². The summed E-state index contributed by atoms with van der Waals surface area (Å²) in [6, 6.07) is 80.9.